The molecule has 0 aliphatic heterocycles. The summed E-state index contributed by atoms with van der Waals surface area (Å²) in [6, 6.07) is 29.6. The molecule has 4 aromatic rings. The van der Waals surface area contributed by atoms with Crippen LogP contribution in [0.1, 0.15) is 15.9 Å². The van der Waals surface area contributed by atoms with Gasteiger partial charge in [0, 0.05) is 48.7 Å². The van der Waals surface area contributed by atoms with Crippen molar-refractivity contribution >= 4 is 17.2 Å². The predicted octanol–water partition coefficient (Wildman–Crippen LogP) is 6.59. The van der Waals surface area contributed by atoms with Gasteiger partial charge in [-0.25, -0.2) is 0 Å². The molecule has 4 rings (SSSR count). The smallest absolute Gasteiger partial charge is 0.193 e. The first-order valence-electron chi connectivity index (χ1n) is 10.3. The number of benzene rings is 4. The van der Waals surface area contributed by atoms with Crippen molar-refractivity contribution in [2.45, 2.75) is 0 Å². The summed E-state index contributed by atoms with van der Waals surface area (Å²) in [5, 5.41) is 6.16. The molecule has 0 spiro atoms. The van der Waals surface area contributed by atoms with Gasteiger partial charge in [-0.1, -0.05) is 12.1 Å². The van der Waals surface area contributed by atoms with Crippen LogP contribution in [0.25, 0.3) is 0 Å². The Morgan fingerprint density at radius 3 is 1.34 bits per heavy atom. The molecule has 0 saturated heterocycles. The molecular weight excluding hydrogens is 400 g/mol. The van der Waals surface area contributed by atoms with Crippen molar-refractivity contribution in [3.8, 4) is 23.0 Å². The van der Waals surface area contributed by atoms with E-state index in [-0.39, 0.29) is 5.78 Å². The van der Waals surface area contributed by atoms with E-state index in [0.717, 1.165) is 22.9 Å². The SMILES string of the molecule is CNc1cccc(Oc2ccc(C(=O)c3ccc(Oc4cccc(NC)c4)cc3)cc2)c1. The molecule has 0 unspecified atom stereocenters. The van der Waals surface area contributed by atoms with Crippen molar-refractivity contribution in [2.24, 2.45) is 0 Å². The van der Waals surface area contributed by atoms with E-state index < -0.39 is 0 Å². The van der Waals surface area contributed by atoms with E-state index in [9.17, 15) is 4.79 Å². The van der Waals surface area contributed by atoms with E-state index in [1.54, 1.807) is 48.5 Å². The lowest BCUT2D eigenvalue weighted by atomic mass is 10.0. The summed E-state index contributed by atoms with van der Waals surface area (Å²) in [7, 11) is 3.72. The molecule has 0 aromatic heterocycles. The summed E-state index contributed by atoms with van der Waals surface area (Å²) in [4.78, 5) is 12.9. The number of rotatable bonds is 8. The van der Waals surface area contributed by atoms with Gasteiger partial charge in [0.1, 0.15) is 23.0 Å². The normalized spacial score (nSPS) is 10.3. The monoisotopic (exact) mass is 424 g/mol. The maximum absolute atomic E-state index is 12.9. The Kier molecular flexibility index (Phi) is 6.37. The molecule has 5 heteroatoms. The molecule has 160 valence electrons. The van der Waals surface area contributed by atoms with Crippen molar-refractivity contribution in [1.29, 1.82) is 0 Å². The minimum absolute atomic E-state index is 0.0579. The first kappa shape index (κ1) is 21.0. The first-order chi connectivity index (χ1) is 15.6. The maximum atomic E-state index is 12.9. The van der Waals surface area contributed by atoms with Gasteiger partial charge in [-0.2, -0.15) is 0 Å². The fourth-order valence-electron chi connectivity index (χ4n) is 3.22. The molecule has 32 heavy (non-hydrogen) atoms. The second-order valence-corrected chi connectivity index (χ2v) is 7.14. The van der Waals surface area contributed by atoms with Crippen molar-refractivity contribution in [2.75, 3.05) is 24.7 Å². The number of hydrogen-bond donors (Lipinski definition) is 2. The van der Waals surface area contributed by atoms with Crippen LogP contribution in [0.4, 0.5) is 11.4 Å². The van der Waals surface area contributed by atoms with Gasteiger partial charge >= 0.3 is 0 Å². The van der Waals surface area contributed by atoms with Gasteiger partial charge in [-0.05, 0) is 72.8 Å². The van der Waals surface area contributed by atoms with Crippen molar-refractivity contribution < 1.29 is 14.3 Å². The number of ether oxygens (including phenoxy) is 2. The van der Waals surface area contributed by atoms with E-state index in [4.69, 9.17) is 9.47 Å². The number of carbonyl (C=O) groups excluding carboxylic acids is 1. The van der Waals surface area contributed by atoms with E-state index in [0.29, 0.717) is 22.6 Å². The second kappa shape index (κ2) is 9.71. The fourth-order valence-corrected chi connectivity index (χ4v) is 3.22. The maximum Gasteiger partial charge on any atom is 0.193 e. The largest absolute Gasteiger partial charge is 0.457 e. The first-order valence-corrected chi connectivity index (χ1v) is 10.3. The average Bonchev–Trinajstić information content (AvgIpc) is 2.85. The standard InChI is InChI=1S/C27H24N2O3/c1-28-21-5-3-7-25(17-21)31-23-13-9-19(10-14-23)27(30)20-11-15-24(16-12-20)32-26-8-4-6-22(18-26)29-2/h3-18,28-29H,1-2H3. The van der Waals surface area contributed by atoms with E-state index in [1.807, 2.05) is 62.6 Å². The van der Waals surface area contributed by atoms with Gasteiger partial charge in [-0.15, -0.1) is 0 Å². The molecule has 4 aromatic carbocycles. The number of carbonyl (C=O) groups is 1. The third-order valence-corrected chi connectivity index (χ3v) is 4.95. The minimum atomic E-state index is -0.0579. The second-order valence-electron chi connectivity index (χ2n) is 7.14. The molecule has 0 aliphatic carbocycles. The highest BCUT2D eigenvalue weighted by Crippen LogP contribution is 2.26. The topological polar surface area (TPSA) is 59.6 Å². The molecule has 0 atom stereocenters. The molecular formula is C27H24N2O3. The van der Waals surface area contributed by atoms with Crippen LogP contribution in [-0.4, -0.2) is 19.9 Å². The Morgan fingerprint density at radius 1 is 0.562 bits per heavy atom. The quantitative estimate of drug-likeness (QED) is 0.313. The average molecular weight is 425 g/mol. The molecule has 2 N–H and O–H groups in total. The highest BCUT2D eigenvalue weighted by Gasteiger charge is 2.10. The Hall–Kier alpha value is -4.25. The zero-order valence-electron chi connectivity index (χ0n) is 18.0. The van der Waals surface area contributed by atoms with Crippen molar-refractivity contribution in [1.82, 2.24) is 0 Å². The number of ketones is 1. The fraction of sp³-hybridized carbons (Fsp3) is 0.0741. The van der Waals surface area contributed by atoms with Gasteiger partial charge in [0.05, 0.1) is 0 Å². The number of nitrogens with one attached hydrogen (secondary N) is 2. The molecule has 0 aliphatic rings. The number of hydrogen-bond acceptors (Lipinski definition) is 5. The Balaban J connectivity index is 1.42. The van der Waals surface area contributed by atoms with Crippen LogP contribution in [-0.2, 0) is 0 Å². The van der Waals surface area contributed by atoms with E-state index in [1.165, 1.54) is 0 Å². The van der Waals surface area contributed by atoms with Gasteiger partial charge in [0.2, 0.25) is 0 Å². The zero-order chi connectivity index (χ0) is 22.3. The Bertz CT molecular complexity index is 1110. The van der Waals surface area contributed by atoms with Crippen LogP contribution < -0.4 is 20.1 Å². The van der Waals surface area contributed by atoms with Crippen LogP contribution >= 0.6 is 0 Å². The van der Waals surface area contributed by atoms with E-state index in [2.05, 4.69) is 10.6 Å². The van der Waals surface area contributed by atoms with Crippen molar-refractivity contribution in [3.05, 3.63) is 108 Å². The third kappa shape index (κ3) is 5.08. The zero-order valence-corrected chi connectivity index (χ0v) is 18.0. The highest BCUT2D eigenvalue weighted by molar-refractivity contribution is 6.09. The van der Waals surface area contributed by atoms with Crippen LogP contribution in [0.2, 0.25) is 0 Å². The van der Waals surface area contributed by atoms with Crippen LogP contribution in [0.5, 0.6) is 23.0 Å². The lowest BCUT2D eigenvalue weighted by Gasteiger charge is -2.09. The van der Waals surface area contributed by atoms with Gasteiger partial charge in [0.25, 0.3) is 0 Å². The van der Waals surface area contributed by atoms with Gasteiger partial charge in [0.15, 0.2) is 5.78 Å². The van der Waals surface area contributed by atoms with Crippen LogP contribution in [0.3, 0.4) is 0 Å². The summed E-state index contributed by atoms with van der Waals surface area (Å²) < 4.78 is 11.8. The summed E-state index contributed by atoms with van der Waals surface area (Å²) in [5.41, 5.74) is 3.13. The number of anilines is 2. The predicted molar refractivity (Wildman–Crippen MR) is 128 cm³/mol. The molecule has 0 fully saturated rings. The molecule has 0 saturated carbocycles. The molecule has 0 bridgehead atoms. The lowest BCUT2D eigenvalue weighted by molar-refractivity contribution is 0.103. The summed E-state index contributed by atoms with van der Waals surface area (Å²) >= 11 is 0. The molecule has 0 amide bonds. The van der Waals surface area contributed by atoms with Crippen LogP contribution in [0, 0.1) is 0 Å². The molecule has 5 nitrogen and oxygen atoms in total. The lowest BCUT2D eigenvalue weighted by Crippen LogP contribution is -2.01. The minimum Gasteiger partial charge on any atom is -0.457 e. The molecule has 0 heterocycles. The third-order valence-electron chi connectivity index (χ3n) is 4.95. The summed E-state index contributed by atoms with van der Waals surface area (Å²) in [6.45, 7) is 0. The Morgan fingerprint density at radius 2 is 0.969 bits per heavy atom. The molecule has 0 radical (unpaired) electrons. The van der Waals surface area contributed by atoms with Crippen molar-refractivity contribution in [3.63, 3.8) is 0 Å². The van der Waals surface area contributed by atoms with Crippen LogP contribution in [0.15, 0.2) is 97.1 Å². The van der Waals surface area contributed by atoms with E-state index >= 15 is 0 Å². The highest BCUT2D eigenvalue weighted by atomic mass is 16.5. The van der Waals surface area contributed by atoms with Gasteiger partial charge in [-0.3, -0.25) is 4.79 Å². The van der Waals surface area contributed by atoms with Gasteiger partial charge < -0.3 is 20.1 Å². The summed E-state index contributed by atoms with van der Waals surface area (Å²) in [5.74, 6) is 2.74. The Labute approximate surface area is 187 Å². The summed E-state index contributed by atoms with van der Waals surface area (Å²) in [6.07, 6.45) is 0.